The molecule has 15 heavy (non-hydrogen) atoms. The van der Waals surface area contributed by atoms with E-state index in [4.69, 9.17) is 0 Å². The molecule has 1 aromatic heterocycles. The number of carbonyl (C=O) groups excluding carboxylic acids is 1. The first-order chi connectivity index (χ1) is 6.49. The molecule has 0 radical (unpaired) electrons. The van der Waals surface area contributed by atoms with Crippen molar-refractivity contribution in [3.8, 4) is 0 Å². The molecule has 76 valence electrons. The van der Waals surface area contributed by atoms with Crippen LogP contribution in [0, 0.1) is 0 Å². The molecule has 0 spiro atoms. The van der Waals surface area contributed by atoms with Gasteiger partial charge in [0.1, 0.15) is 5.69 Å². The summed E-state index contributed by atoms with van der Waals surface area (Å²) in [7, 11) is -3.56. The third-order valence-corrected chi connectivity index (χ3v) is 3.44. The molecule has 0 amide bonds. The van der Waals surface area contributed by atoms with Gasteiger partial charge in [-0.2, -0.15) is 0 Å². The zero-order valence-corrected chi connectivity index (χ0v) is 12.4. The van der Waals surface area contributed by atoms with Gasteiger partial charge in [0.15, 0.2) is 9.84 Å². The third kappa shape index (κ3) is 3.61. The molecule has 0 bridgehead atoms. The number of carboxylic acids is 1. The standard InChI is InChI=1S/C8H9NO4S.K/c1-2-14(12,13)6-4-3-5-9-7(6)8(10)11;/h3-5H,2H2,1H3,(H,10,11);/q;+1/p-1. The number of aromatic carboxylic acids is 1. The molecule has 0 saturated carbocycles. The second-order valence-corrected chi connectivity index (χ2v) is 4.79. The van der Waals surface area contributed by atoms with Crippen LogP contribution in [0.4, 0.5) is 0 Å². The van der Waals surface area contributed by atoms with Crippen LogP contribution in [0.2, 0.25) is 0 Å². The van der Waals surface area contributed by atoms with E-state index in [1.807, 2.05) is 0 Å². The summed E-state index contributed by atoms with van der Waals surface area (Å²) >= 11 is 0. The van der Waals surface area contributed by atoms with Gasteiger partial charge in [0.25, 0.3) is 0 Å². The first-order valence-electron chi connectivity index (χ1n) is 3.88. The Bertz CT molecular complexity index is 457. The van der Waals surface area contributed by atoms with Crippen molar-refractivity contribution in [2.75, 3.05) is 5.75 Å². The van der Waals surface area contributed by atoms with Crippen molar-refractivity contribution in [3.63, 3.8) is 0 Å². The predicted molar refractivity (Wildman–Crippen MR) is 46.3 cm³/mol. The quantitative estimate of drug-likeness (QED) is 0.516. The van der Waals surface area contributed by atoms with E-state index in [1.165, 1.54) is 25.3 Å². The average Bonchev–Trinajstić information content (AvgIpc) is 2.18. The average molecular weight is 253 g/mol. The molecule has 0 fully saturated rings. The molecule has 0 aliphatic rings. The van der Waals surface area contributed by atoms with Crippen LogP contribution < -0.4 is 56.5 Å². The maximum absolute atomic E-state index is 11.4. The summed E-state index contributed by atoms with van der Waals surface area (Å²) in [5.74, 6) is -1.75. The number of aromatic nitrogens is 1. The normalized spacial score (nSPS) is 10.5. The van der Waals surface area contributed by atoms with E-state index < -0.39 is 21.5 Å². The first kappa shape index (κ1) is 15.2. The number of pyridine rings is 1. The molecule has 0 saturated heterocycles. The van der Waals surface area contributed by atoms with Crippen LogP contribution in [0.3, 0.4) is 0 Å². The minimum absolute atomic E-state index is 0. The van der Waals surface area contributed by atoms with Gasteiger partial charge in [-0.3, -0.25) is 4.98 Å². The second kappa shape index (κ2) is 6.07. The van der Waals surface area contributed by atoms with E-state index in [1.54, 1.807) is 0 Å². The number of hydrogen-bond donors (Lipinski definition) is 0. The summed E-state index contributed by atoms with van der Waals surface area (Å²) in [5.41, 5.74) is -0.533. The Morgan fingerprint density at radius 2 is 2.13 bits per heavy atom. The molecule has 1 aromatic rings. The summed E-state index contributed by atoms with van der Waals surface area (Å²) in [6, 6.07) is 2.58. The van der Waals surface area contributed by atoms with Crippen molar-refractivity contribution in [2.24, 2.45) is 0 Å². The fraction of sp³-hybridized carbons (Fsp3) is 0.250. The second-order valence-electron chi connectivity index (χ2n) is 2.54. The molecular weight excluding hydrogens is 245 g/mol. The van der Waals surface area contributed by atoms with E-state index in [0.29, 0.717) is 0 Å². The number of carbonyl (C=O) groups is 1. The zero-order valence-electron chi connectivity index (χ0n) is 8.43. The van der Waals surface area contributed by atoms with E-state index >= 15 is 0 Å². The molecule has 0 aromatic carbocycles. The van der Waals surface area contributed by atoms with E-state index in [0.717, 1.165) is 0 Å². The Morgan fingerprint density at radius 3 is 2.60 bits per heavy atom. The molecule has 1 rings (SSSR count). The molecular formula is C8H8KNO4S. The Labute approximate surface area is 130 Å². The summed E-state index contributed by atoms with van der Waals surface area (Å²) in [6.45, 7) is 1.43. The van der Waals surface area contributed by atoms with Gasteiger partial charge >= 0.3 is 51.4 Å². The summed E-state index contributed by atoms with van der Waals surface area (Å²) in [4.78, 5) is 13.7. The molecule has 0 atom stereocenters. The van der Waals surface area contributed by atoms with Crippen LogP contribution in [0.15, 0.2) is 23.2 Å². The predicted octanol–water partition coefficient (Wildman–Crippen LogP) is -3.76. The fourth-order valence-electron chi connectivity index (χ4n) is 0.950. The molecule has 0 aliphatic carbocycles. The van der Waals surface area contributed by atoms with Crippen molar-refractivity contribution in [1.82, 2.24) is 4.98 Å². The molecule has 0 N–H and O–H groups in total. The Balaban J connectivity index is 0.00000196. The van der Waals surface area contributed by atoms with Crippen molar-refractivity contribution >= 4 is 15.8 Å². The minimum Gasteiger partial charge on any atom is -0.543 e. The summed E-state index contributed by atoms with van der Waals surface area (Å²) < 4.78 is 22.8. The number of rotatable bonds is 3. The fourth-order valence-corrected chi connectivity index (χ4v) is 1.98. The van der Waals surface area contributed by atoms with E-state index in [2.05, 4.69) is 4.98 Å². The van der Waals surface area contributed by atoms with Gasteiger partial charge in [-0.1, -0.05) is 6.92 Å². The maximum atomic E-state index is 11.4. The van der Waals surface area contributed by atoms with Crippen LogP contribution in [-0.2, 0) is 9.84 Å². The van der Waals surface area contributed by atoms with Crippen LogP contribution in [0.25, 0.3) is 0 Å². The molecule has 0 aliphatic heterocycles. The van der Waals surface area contributed by atoms with Gasteiger partial charge in [0.05, 0.1) is 16.6 Å². The first-order valence-corrected chi connectivity index (χ1v) is 5.53. The SMILES string of the molecule is CCS(=O)(=O)c1cccnc1C(=O)[O-].[K+]. The number of nitrogens with zero attached hydrogens (tertiary/aromatic N) is 1. The Kier molecular flexibility index (Phi) is 6.15. The Hall–Kier alpha value is 0.206. The molecule has 5 nitrogen and oxygen atoms in total. The van der Waals surface area contributed by atoms with Crippen molar-refractivity contribution in [3.05, 3.63) is 24.0 Å². The van der Waals surface area contributed by atoms with Gasteiger partial charge in [-0.15, -0.1) is 0 Å². The van der Waals surface area contributed by atoms with Crippen molar-refractivity contribution < 1.29 is 69.7 Å². The van der Waals surface area contributed by atoms with Gasteiger partial charge < -0.3 is 9.90 Å². The molecule has 0 unspecified atom stereocenters. The van der Waals surface area contributed by atoms with E-state index in [-0.39, 0.29) is 62.0 Å². The smallest absolute Gasteiger partial charge is 0.543 e. The van der Waals surface area contributed by atoms with Crippen LogP contribution in [0.5, 0.6) is 0 Å². The summed E-state index contributed by atoms with van der Waals surface area (Å²) in [5, 5.41) is 10.5. The summed E-state index contributed by atoms with van der Waals surface area (Å²) in [6.07, 6.45) is 1.21. The topological polar surface area (TPSA) is 87.2 Å². The van der Waals surface area contributed by atoms with Crippen LogP contribution in [-0.4, -0.2) is 25.1 Å². The third-order valence-electron chi connectivity index (χ3n) is 1.68. The number of hydrogen-bond acceptors (Lipinski definition) is 5. The Morgan fingerprint density at radius 1 is 1.53 bits per heavy atom. The van der Waals surface area contributed by atoms with Gasteiger partial charge in [-0.05, 0) is 12.1 Å². The maximum Gasteiger partial charge on any atom is 1.00 e. The van der Waals surface area contributed by atoms with Crippen molar-refractivity contribution in [2.45, 2.75) is 11.8 Å². The zero-order chi connectivity index (χ0) is 10.8. The van der Waals surface area contributed by atoms with Gasteiger partial charge in [0.2, 0.25) is 0 Å². The molecule has 7 heteroatoms. The van der Waals surface area contributed by atoms with Gasteiger partial charge in [0, 0.05) is 6.20 Å². The largest absolute Gasteiger partial charge is 1.00 e. The molecule has 1 heterocycles. The number of sulfone groups is 1. The van der Waals surface area contributed by atoms with Crippen LogP contribution in [0.1, 0.15) is 17.4 Å². The van der Waals surface area contributed by atoms with E-state index in [9.17, 15) is 18.3 Å². The minimum atomic E-state index is -3.56. The van der Waals surface area contributed by atoms with Crippen molar-refractivity contribution in [1.29, 1.82) is 0 Å². The van der Waals surface area contributed by atoms with Gasteiger partial charge in [-0.25, -0.2) is 8.42 Å². The monoisotopic (exact) mass is 253 g/mol. The van der Waals surface area contributed by atoms with Crippen LogP contribution >= 0.6 is 0 Å². The number of carboxylic acid groups (broad SMARTS) is 1.